The van der Waals surface area contributed by atoms with Crippen LogP contribution >= 0.6 is 15.9 Å². The molecule has 0 aliphatic heterocycles. The Balaban J connectivity index is 2.10. The molecule has 0 unspecified atom stereocenters. The molecule has 0 amide bonds. The largest absolute Gasteiger partial charge is 0.497 e. The molecule has 3 heteroatoms. The average Bonchev–Trinajstić information content (AvgIpc) is 2.67. The summed E-state index contributed by atoms with van der Waals surface area (Å²) < 4.78 is 10.5. The van der Waals surface area contributed by atoms with Gasteiger partial charge in [-0.2, -0.15) is 0 Å². The molecule has 0 heterocycles. The van der Waals surface area contributed by atoms with Gasteiger partial charge in [-0.25, -0.2) is 0 Å². The second-order valence-electron chi connectivity index (χ2n) is 5.47. The van der Waals surface area contributed by atoms with Gasteiger partial charge in [0, 0.05) is 5.33 Å². The van der Waals surface area contributed by atoms with Gasteiger partial charge in [0.05, 0.1) is 14.2 Å². The van der Waals surface area contributed by atoms with E-state index in [0.29, 0.717) is 0 Å². The first-order valence-corrected chi connectivity index (χ1v) is 8.85. The van der Waals surface area contributed by atoms with E-state index in [9.17, 15) is 0 Å². The van der Waals surface area contributed by atoms with Crippen LogP contribution < -0.4 is 9.47 Å². The van der Waals surface area contributed by atoms with Gasteiger partial charge in [0.15, 0.2) is 0 Å². The quantitative estimate of drug-likeness (QED) is 0.508. The predicted molar refractivity (Wildman–Crippen MR) is 103 cm³/mol. The Morgan fingerprint density at radius 2 is 1.17 bits per heavy atom. The molecule has 3 rings (SSSR count). The zero-order valence-electron chi connectivity index (χ0n) is 13.8. The van der Waals surface area contributed by atoms with Crippen molar-refractivity contribution >= 4 is 15.9 Å². The van der Waals surface area contributed by atoms with E-state index in [0.717, 1.165) is 16.8 Å². The first-order chi connectivity index (χ1) is 11.7. The third-order valence-electron chi connectivity index (χ3n) is 4.04. The molecule has 3 aromatic carbocycles. The summed E-state index contributed by atoms with van der Waals surface area (Å²) in [5.74, 6) is 1.73. The van der Waals surface area contributed by atoms with Crippen LogP contribution in [-0.4, -0.2) is 14.2 Å². The van der Waals surface area contributed by atoms with Crippen LogP contribution in [0.4, 0.5) is 0 Å². The molecule has 0 fully saturated rings. The third kappa shape index (κ3) is 3.46. The minimum absolute atomic E-state index is 0.832. The molecule has 0 N–H and O–H groups in total. The number of halogens is 1. The van der Waals surface area contributed by atoms with Gasteiger partial charge < -0.3 is 9.47 Å². The lowest BCUT2D eigenvalue weighted by Gasteiger charge is -2.13. The summed E-state index contributed by atoms with van der Waals surface area (Å²) in [4.78, 5) is 0. The highest BCUT2D eigenvalue weighted by Crippen LogP contribution is 2.35. The number of alkyl halides is 1. The van der Waals surface area contributed by atoms with Crippen LogP contribution in [0.15, 0.2) is 66.7 Å². The summed E-state index contributed by atoms with van der Waals surface area (Å²) in [5.41, 5.74) is 6.00. The molecule has 0 radical (unpaired) electrons. The maximum Gasteiger partial charge on any atom is 0.118 e. The van der Waals surface area contributed by atoms with Gasteiger partial charge in [-0.1, -0.05) is 52.3 Å². The number of benzene rings is 3. The Morgan fingerprint density at radius 3 is 1.62 bits per heavy atom. The molecule has 0 aliphatic carbocycles. The summed E-state index contributed by atoms with van der Waals surface area (Å²) >= 11 is 3.55. The normalized spacial score (nSPS) is 10.5. The fourth-order valence-corrected chi connectivity index (χ4v) is 3.06. The minimum atomic E-state index is 0.832. The van der Waals surface area contributed by atoms with Crippen molar-refractivity contribution in [3.05, 3.63) is 72.3 Å². The van der Waals surface area contributed by atoms with Crippen LogP contribution in [0.1, 0.15) is 5.56 Å². The Bertz CT molecular complexity index is 808. The third-order valence-corrected chi connectivity index (χ3v) is 4.69. The number of ether oxygens (including phenoxy) is 2. The van der Waals surface area contributed by atoms with Crippen molar-refractivity contribution in [1.82, 2.24) is 0 Å². The Morgan fingerprint density at radius 1 is 0.667 bits per heavy atom. The Labute approximate surface area is 151 Å². The lowest BCUT2D eigenvalue weighted by atomic mass is 9.93. The summed E-state index contributed by atoms with van der Waals surface area (Å²) in [6.45, 7) is 0. The van der Waals surface area contributed by atoms with Crippen molar-refractivity contribution < 1.29 is 9.47 Å². The van der Waals surface area contributed by atoms with Crippen molar-refractivity contribution in [1.29, 1.82) is 0 Å². The van der Waals surface area contributed by atoms with Crippen molar-refractivity contribution in [3.63, 3.8) is 0 Å². The van der Waals surface area contributed by atoms with E-state index >= 15 is 0 Å². The van der Waals surface area contributed by atoms with Crippen molar-refractivity contribution in [3.8, 4) is 33.8 Å². The first-order valence-electron chi connectivity index (χ1n) is 7.73. The molecule has 3 aromatic rings. The van der Waals surface area contributed by atoms with Gasteiger partial charge in [-0.15, -0.1) is 0 Å². The molecule has 0 atom stereocenters. The predicted octanol–water partition coefficient (Wildman–Crippen LogP) is 5.93. The molecule has 0 spiro atoms. The van der Waals surface area contributed by atoms with Crippen LogP contribution in [0, 0.1) is 0 Å². The van der Waals surface area contributed by atoms with Crippen LogP contribution in [0.2, 0.25) is 0 Å². The van der Waals surface area contributed by atoms with E-state index < -0.39 is 0 Å². The lowest BCUT2D eigenvalue weighted by Crippen LogP contribution is -1.89. The minimum Gasteiger partial charge on any atom is -0.497 e. The number of hydrogen-bond donors (Lipinski definition) is 0. The van der Waals surface area contributed by atoms with Gasteiger partial charge in [-0.05, 0) is 58.1 Å². The van der Waals surface area contributed by atoms with Crippen molar-refractivity contribution in [2.45, 2.75) is 5.33 Å². The monoisotopic (exact) mass is 382 g/mol. The van der Waals surface area contributed by atoms with E-state index in [-0.39, 0.29) is 0 Å². The van der Waals surface area contributed by atoms with Gasteiger partial charge >= 0.3 is 0 Å². The fraction of sp³-hybridized carbons (Fsp3) is 0.143. The molecular formula is C21H19BrO2. The summed E-state index contributed by atoms with van der Waals surface area (Å²) in [5, 5.41) is 0.832. The molecule has 0 aromatic heterocycles. The number of methoxy groups -OCH3 is 2. The fourth-order valence-electron chi connectivity index (χ4n) is 2.71. The van der Waals surface area contributed by atoms with Gasteiger partial charge in [0.25, 0.3) is 0 Å². The topological polar surface area (TPSA) is 18.5 Å². The molecule has 2 nitrogen and oxygen atoms in total. The highest BCUT2D eigenvalue weighted by atomic mass is 79.9. The molecule has 0 aliphatic rings. The molecular weight excluding hydrogens is 364 g/mol. The lowest BCUT2D eigenvalue weighted by molar-refractivity contribution is 0.414. The first kappa shape index (κ1) is 16.6. The molecule has 0 bridgehead atoms. The van der Waals surface area contributed by atoms with Gasteiger partial charge in [0.1, 0.15) is 11.5 Å². The van der Waals surface area contributed by atoms with Crippen LogP contribution in [0.3, 0.4) is 0 Å². The Kier molecular flexibility index (Phi) is 5.21. The number of hydrogen-bond acceptors (Lipinski definition) is 2. The Hall–Kier alpha value is -2.26. The van der Waals surface area contributed by atoms with Crippen molar-refractivity contribution in [2.75, 3.05) is 14.2 Å². The number of rotatable bonds is 5. The molecule has 0 saturated carbocycles. The SMILES string of the molecule is COc1ccc(-c2ccc(CBr)cc2-c2ccc(OC)cc2)cc1. The van der Waals surface area contributed by atoms with E-state index in [4.69, 9.17) is 9.47 Å². The summed E-state index contributed by atoms with van der Waals surface area (Å²) in [6, 6.07) is 22.9. The van der Waals surface area contributed by atoms with Crippen LogP contribution in [0.5, 0.6) is 11.5 Å². The van der Waals surface area contributed by atoms with Gasteiger partial charge in [-0.3, -0.25) is 0 Å². The second kappa shape index (κ2) is 7.54. The highest BCUT2D eigenvalue weighted by Gasteiger charge is 2.09. The smallest absolute Gasteiger partial charge is 0.118 e. The zero-order valence-corrected chi connectivity index (χ0v) is 15.3. The zero-order chi connectivity index (χ0) is 16.9. The van der Waals surface area contributed by atoms with Crippen molar-refractivity contribution in [2.24, 2.45) is 0 Å². The molecule has 24 heavy (non-hydrogen) atoms. The maximum absolute atomic E-state index is 5.27. The summed E-state index contributed by atoms with van der Waals surface area (Å²) in [6.07, 6.45) is 0. The van der Waals surface area contributed by atoms with Gasteiger partial charge in [0.2, 0.25) is 0 Å². The molecule has 0 saturated heterocycles. The van der Waals surface area contributed by atoms with E-state index in [1.165, 1.54) is 27.8 Å². The second-order valence-corrected chi connectivity index (χ2v) is 6.03. The highest BCUT2D eigenvalue weighted by molar-refractivity contribution is 9.08. The van der Waals surface area contributed by atoms with Crippen LogP contribution in [-0.2, 0) is 5.33 Å². The van der Waals surface area contributed by atoms with E-state index in [1.807, 2.05) is 24.3 Å². The average molecular weight is 383 g/mol. The van der Waals surface area contributed by atoms with E-state index in [2.05, 4.69) is 58.4 Å². The standard InChI is InChI=1S/C21H19BrO2/c1-23-18-8-4-16(5-9-18)20-12-3-15(14-22)13-21(20)17-6-10-19(24-2)11-7-17/h3-13H,14H2,1-2H3. The van der Waals surface area contributed by atoms with Crippen LogP contribution in [0.25, 0.3) is 22.3 Å². The maximum atomic E-state index is 5.27. The molecule has 122 valence electrons. The summed E-state index contributed by atoms with van der Waals surface area (Å²) in [7, 11) is 3.37. The van der Waals surface area contributed by atoms with E-state index in [1.54, 1.807) is 14.2 Å².